The molecule has 156 valence electrons. The van der Waals surface area contributed by atoms with Crippen molar-refractivity contribution < 1.29 is 9.53 Å². The van der Waals surface area contributed by atoms with Crippen molar-refractivity contribution >= 4 is 29.3 Å². The summed E-state index contributed by atoms with van der Waals surface area (Å²) >= 11 is 7.33. The molecule has 1 aliphatic rings. The Morgan fingerprint density at radius 3 is 2.67 bits per heavy atom. The Balaban J connectivity index is 1.34. The van der Waals surface area contributed by atoms with Crippen molar-refractivity contribution in [3.05, 3.63) is 70.5 Å². The van der Waals surface area contributed by atoms with E-state index in [2.05, 4.69) is 28.4 Å². The van der Waals surface area contributed by atoms with Gasteiger partial charge in [-0.25, -0.2) is 0 Å². The summed E-state index contributed by atoms with van der Waals surface area (Å²) in [6.45, 7) is 4.48. The van der Waals surface area contributed by atoms with Crippen LogP contribution < -0.4 is 4.74 Å². The van der Waals surface area contributed by atoms with Gasteiger partial charge in [0.25, 0.3) is 0 Å². The van der Waals surface area contributed by atoms with Crippen molar-refractivity contribution in [1.29, 1.82) is 0 Å². The van der Waals surface area contributed by atoms with Crippen LogP contribution >= 0.6 is 23.4 Å². The number of amides is 1. The van der Waals surface area contributed by atoms with Crippen LogP contribution in [0.2, 0.25) is 5.02 Å². The zero-order valence-electron chi connectivity index (χ0n) is 16.8. The van der Waals surface area contributed by atoms with E-state index < -0.39 is 0 Å². The monoisotopic (exact) mass is 442 g/mol. The fourth-order valence-electron chi connectivity index (χ4n) is 3.46. The number of carbonyl (C=O) groups is 1. The maximum Gasteiger partial charge on any atom is 0.233 e. The first-order valence-corrected chi connectivity index (χ1v) is 11.3. The minimum atomic E-state index is 0.124. The molecule has 8 heteroatoms. The average molecular weight is 443 g/mol. The Morgan fingerprint density at radius 2 is 1.90 bits per heavy atom. The van der Waals surface area contributed by atoms with Gasteiger partial charge >= 0.3 is 0 Å². The summed E-state index contributed by atoms with van der Waals surface area (Å²) in [5.41, 5.74) is 2.57. The van der Waals surface area contributed by atoms with E-state index >= 15 is 0 Å². The molecule has 2 heterocycles. The first-order chi connectivity index (χ1) is 14.6. The van der Waals surface area contributed by atoms with Crippen LogP contribution in [-0.2, 0) is 30.9 Å². The van der Waals surface area contributed by atoms with Crippen molar-refractivity contribution in [2.45, 2.75) is 38.2 Å². The van der Waals surface area contributed by atoms with E-state index in [1.165, 1.54) is 22.9 Å². The first-order valence-electron chi connectivity index (χ1n) is 9.92. The predicted octanol–water partition coefficient (Wildman–Crippen LogP) is 4.21. The van der Waals surface area contributed by atoms with E-state index in [0.29, 0.717) is 30.5 Å². The summed E-state index contributed by atoms with van der Waals surface area (Å²) < 4.78 is 7.78. The van der Waals surface area contributed by atoms with Crippen molar-refractivity contribution in [1.82, 2.24) is 19.7 Å². The van der Waals surface area contributed by atoms with Gasteiger partial charge < -0.3 is 14.2 Å². The van der Waals surface area contributed by atoms with Gasteiger partial charge in [0.2, 0.25) is 5.91 Å². The molecular formula is C22H23ClN4O2S. The fraction of sp³-hybridized carbons (Fsp3) is 0.318. The van der Waals surface area contributed by atoms with E-state index in [1.807, 2.05) is 34.6 Å². The molecule has 0 aliphatic carbocycles. The smallest absolute Gasteiger partial charge is 0.233 e. The Kier molecular flexibility index (Phi) is 6.59. The molecule has 0 bridgehead atoms. The van der Waals surface area contributed by atoms with Gasteiger partial charge in [0, 0.05) is 24.7 Å². The molecule has 0 unspecified atom stereocenters. The highest BCUT2D eigenvalue weighted by atomic mass is 35.5. The lowest BCUT2D eigenvalue weighted by atomic mass is 10.00. The van der Waals surface area contributed by atoms with Crippen LogP contribution in [0.5, 0.6) is 5.75 Å². The number of aromatic nitrogens is 3. The van der Waals surface area contributed by atoms with Crippen molar-refractivity contribution in [3.63, 3.8) is 0 Å². The average Bonchev–Trinajstić information content (AvgIpc) is 3.18. The summed E-state index contributed by atoms with van der Waals surface area (Å²) in [6, 6.07) is 15.5. The van der Waals surface area contributed by atoms with Gasteiger partial charge in [0.05, 0.1) is 5.75 Å². The maximum absolute atomic E-state index is 12.7. The highest BCUT2D eigenvalue weighted by Gasteiger charge is 2.21. The summed E-state index contributed by atoms with van der Waals surface area (Å²) in [5.74, 6) is 1.92. The number of halogens is 1. The summed E-state index contributed by atoms with van der Waals surface area (Å²) in [7, 11) is 0. The molecule has 0 saturated heterocycles. The van der Waals surface area contributed by atoms with Crippen LogP contribution in [0, 0.1) is 0 Å². The van der Waals surface area contributed by atoms with Gasteiger partial charge in [0.15, 0.2) is 11.0 Å². The lowest BCUT2D eigenvalue weighted by Crippen LogP contribution is -2.37. The summed E-state index contributed by atoms with van der Waals surface area (Å²) in [4.78, 5) is 14.7. The van der Waals surface area contributed by atoms with Crippen LogP contribution in [0.15, 0.2) is 53.7 Å². The molecule has 1 amide bonds. The Labute approximate surface area is 185 Å². The number of benzene rings is 2. The second-order valence-electron chi connectivity index (χ2n) is 7.01. The molecule has 0 fully saturated rings. The lowest BCUT2D eigenvalue weighted by Gasteiger charge is -2.28. The zero-order chi connectivity index (χ0) is 20.9. The van der Waals surface area contributed by atoms with Gasteiger partial charge in [0.1, 0.15) is 12.4 Å². The van der Waals surface area contributed by atoms with Gasteiger partial charge in [-0.05, 0) is 48.7 Å². The second-order valence-corrected chi connectivity index (χ2v) is 8.39. The second kappa shape index (κ2) is 9.53. The third-order valence-corrected chi connectivity index (χ3v) is 6.30. The number of fused-ring (bicyclic) bond motifs is 1. The number of hydrogen-bond acceptors (Lipinski definition) is 5. The molecule has 6 nitrogen and oxygen atoms in total. The lowest BCUT2D eigenvalue weighted by molar-refractivity contribution is -0.129. The van der Waals surface area contributed by atoms with Crippen molar-refractivity contribution in [3.8, 4) is 5.75 Å². The molecule has 0 spiro atoms. The largest absolute Gasteiger partial charge is 0.486 e. The number of carbonyl (C=O) groups excluding carboxylic acids is 1. The Hall–Kier alpha value is -2.51. The molecule has 30 heavy (non-hydrogen) atoms. The molecule has 1 aromatic heterocycles. The number of nitrogens with zero attached hydrogens (tertiary/aromatic N) is 4. The zero-order valence-corrected chi connectivity index (χ0v) is 18.3. The van der Waals surface area contributed by atoms with Gasteiger partial charge in [-0.2, -0.15) is 0 Å². The molecular weight excluding hydrogens is 420 g/mol. The van der Waals surface area contributed by atoms with E-state index in [1.54, 1.807) is 12.1 Å². The van der Waals surface area contributed by atoms with Crippen LogP contribution in [-0.4, -0.2) is 37.9 Å². The first kappa shape index (κ1) is 20.8. The van der Waals surface area contributed by atoms with Crippen LogP contribution in [0.4, 0.5) is 0 Å². The predicted molar refractivity (Wildman–Crippen MR) is 118 cm³/mol. The van der Waals surface area contributed by atoms with Crippen molar-refractivity contribution in [2.24, 2.45) is 0 Å². The third-order valence-electron chi connectivity index (χ3n) is 5.10. The van der Waals surface area contributed by atoms with Gasteiger partial charge in [-0.3, -0.25) is 4.79 Å². The molecule has 0 saturated carbocycles. The number of thioether (sulfide) groups is 1. The quantitative estimate of drug-likeness (QED) is 0.513. The van der Waals surface area contributed by atoms with Crippen molar-refractivity contribution in [2.75, 3.05) is 12.3 Å². The van der Waals surface area contributed by atoms with E-state index in [-0.39, 0.29) is 5.91 Å². The van der Waals surface area contributed by atoms with Gasteiger partial charge in [-0.15, -0.1) is 10.2 Å². The third kappa shape index (κ3) is 4.79. The number of ether oxygens (including phenoxy) is 1. The molecule has 0 radical (unpaired) electrons. The molecule has 3 aromatic rings. The summed E-state index contributed by atoms with van der Waals surface area (Å²) in [5, 5.41) is 9.93. The molecule has 2 aromatic carbocycles. The highest BCUT2D eigenvalue weighted by Crippen LogP contribution is 2.23. The topological polar surface area (TPSA) is 60.2 Å². The SMILES string of the molecule is CCn1c(COc2ccc(Cl)cc2)nnc1SCC(=O)N1CCc2ccccc2C1. The minimum Gasteiger partial charge on any atom is -0.486 e. The van der Waals surface area contributed by atoms with Gasteiger partial charge in [-0.1, -0.05) is 47.6 Å². The Morgan fingerprint density at radius 1 is 1.13 bits per heavy atom. The molecule has 0 atom stereocenters. The molecule has 4 rings (SSSR count). The normalized spacial score (nSPS) is 13.2. The number of rotatable bonds is 7. The number of hydrogen-bond donors (Lipinski definition) is 0. The Bertz CT molecular complexity index is 1020. The van der Waals surface area contributed by atoms with E-state index in [4.69, 9.17) is 16.3 Å². The molecule has 0 N–H and O–H groups in total. The fourth-order valence-corrected chi connectivity index (χ4v) is 4.51. The van der Waals surface area contributed by atoms with Crippen LogP contribution in [0.25, 0.3) is 0 Å². The maximum atomic E-state index is 12.7. The summed E-state index contributed by atoms with van der Waals surface area (Å²) in [6.07, 6.45) is 0.907. The van der Waals surface area contributed by atoms with E-state index in [9.17, 15) is 4.79 Å². The molecule has 1 aliphatic heterocycles. The minimum absolute atomic E-state index is 0.124. The highest BCUT2D eigenvalue weighted by molar-refractivity contribution is 7.99. The van der Waals surface area contributed by atoms with Crippen LogP contribution in [0.1, 0.15) is 23.9 Å². The van der Waals surface area contributed by atoms with Crippen LogP contribution in [0.3, 0.4) is 0 Å². The standard InChI is InChI=1S/C22H23ClN4O2S/c1-2-27-20(14-29-19-9-7-18(23)8-10-19)24-25-22(27)30-15-21(28)26-12-11-16-5-3-4-6-17(16)13-26/h3-10H,2,11-15H2,1H3. The van der Waals surface area contributed by atoms with E-state index in [0.717, 1.165) is 29.7 Å².